The van der Waals surface area contributed by atoms with Crippen LogP contribution in [-0.4, -0.2) is 29.3 Å². The topological polar surface area (TPSA) is 74.2 Å². The summed E-state index contributed by atoms with van der Waals surface area (Å²) in [6, 6.07) is 7.82. The van der Waals surface area contributed by atoms with E-state index in [2.05, 4.69) is 28.6 Å². The summed E-state index contributed by atoms with van der Waals surface area (Å²) < 4.78 is 0. The van der Waals surface area contributed by atoms with Crippen molar-refractivity contribution in [2.45, 2.75) is 20.3 Å². The number of anilines is 1. The maximum atomic E-state index is 11.8. The van der Waals surface area contributed by atoms with Gasteiger partial charge in [0.15, 0.2) is 5.13 Å². The van der Waals surface area contributed by atoms with Crippen LogP contribution in [-0.2, 0) is 0 Å². The SMILES string of the molecule is Cc1ccccc1-c1cnc(NC(=O)NCC(C)CCO)s1. The van der Waals surface area contributed by atoms with Gasteiger partial charge in [-0.15, -0.1) is 0 Å². The molecule has 1 aromatic carbocycles. The number of rotatable bonds is 6. The van der Waals surface area contributed by atoms with E-state index < -0.39 is 0 Å². The fourth-order valence-corrected chi connectivity index (χ4v) is 2.94. The van der Waals surface area contributed by atoms with Gasteiger partial charge in [-0.3, -0.25) is 5.32 Å². The summed E-state index contributed by atoms with van der Waals surface area (Å²) in [5.41, 5.74) is 2.31. The smallest absolute Gasteiger partial charge is 0.321 e. The number of nitrogens with zero attached hydrogens (tertiary/aromatic N) is 1. The number of aliphatic hydroxyl groups excluding tert-OH is 1. The van der Waals surface area contributed by atoms with Crippen molar-refractivity contribution in [3.05, 3.63) is 36.0 Å². The molecule has 1 unspecified atom stereocenters. The van der Waals surface area contributed by atoms with Crippen molar-refractivity contribution < 1.29 is 9.90 Å². The Balaban J connectivity index is 1.92. The molecule has 5 nitrogen and oxygen atoms in total. The summed E-state index contributed by atoms with van der Waals surface area (Å²) in [7, 11) is 0. The number of aliphatic hydroxyl groups is 1. The molecule has 0 bridgehead atoms. The Labute approximate surface area is 134 Å². The summed E-state index contributed by atoms with van der Waals surface area (Å²) in [5.74, 6) is 0.245. The molecule has 2 rings (SSSR count). The molecular weight excluding hydrogens is 298 g/mol. The minimum Gasteiger partial charge on any atom is -0.396 e. The molecule has 0 saturated carbocycles. The third kappa shape index (κ3) is 4.54. The van der Waals surface area contributed by atoms with E-state index in [0.717, 1.165) is 10.4 Å². The molecule has 0 saturated heterocycles. The fourth-order valence-electron chi connectivity index (χ4n) is 2.04. The number of thiazole rings is 1. The van der Waals surface area contributed by atoms with E-state index in [4.69, 9.17) is 5.11 Å². The van der Waals surface area contributed by atoms with Crippen molar-refractivity contribution in [2.24, 2.45) is 5.92 Å². The van der Waals surface area contributed by atoms with E-state index in [0.29, 0.717) is 18.1 Å². The number of urea groups is 1. The lowest BCUT2D eigenvalue weighted by molar-refractivity contribution is 0.243. The minimum atomic E-state index is -0.268. The third-order valence-corrected chi connectivity index (χ3v) is 4.32. The van der Waals surface area contributed by atoms with Crippen molar-refractivity contribution in [1.82, 2.24) is 10.3 Å². The van der Waals surface area contributed by atoms with Crippen molar-refractivity contribution in [1.29, 1.82) is 0 Å². The van der Waals surface area contributed by atoms with Crippen LogP contribution in [0.3, 0.4) is 0 Å². The molecule has 2 amide bonds. The normalized spacial score (nSPS) is 12.0. The third-order valence-electron chi connectivity index (χ3n) is 3.37. The summed E-state index contributed by atoms with van der Waals surface area (Å²) in [5, 5.41) is 14.9. The van der Waals surface area contributed by atoms with Gasteiger partial charge in [0, 0.05) is 19.3 Å². The maximum absolute atomic E-state index is 11.8. The highest BCUT2D eigenvalue weighted by Gasteiger charge is 2.10. The minimum absolute atomic E-state index is 0.136. The lowest BCUT2D eigenvalue weighted by Crippen LogP contribution is -2.32. The second-order valence-corrected chi connectivity index (χ2v) is 6.33. The van der Waals surface area contributed by atoms with Gasteiger partial charge in [-0.1, -0.05) is 42.5 Å². The Kier molecular flexibility index (Phi) is 5.91. The van der Waals surface area contributed by atoms with E-state index in [1.165, 1.54) is 16.9 Å². The average Bonchev–Trinajstić information content (AvgIpc) is 2.94. The second-order valence-electron chi connectivity index (χ2n) is 5.30. The Bertz CT molecular complexity index is 627. The van der Waals surface area contributed by atoms with Gasteiger partial charge in [0.2, 0.25) is 0 Å². The number of hydrogen-bond donors (Lipinski definition) is 3. The van der Waals surface area contributed by atoms with Crippen LogP contribution < -0.4 is 10.6 Å². The van der Waals surface area contributed by atoms with Crippen LogP contribution >= 0.6 is 11.3 Å². The molecule has 1 aromatic heterocycles. The van der Waals surface area contributed by atoms with Crippen LogP contribution in [0.1, 0.15) is 18.9 Å². The summed E-state index contributed by atoms with van der Waals surface area (Å²) in [6.45, 7) is 4.70. The van der Waals surface area contributed by atoms with Crippen molar-refractivity contribution >= 4 is 22.5 Å². The predicted molar refractivity (Wildman–Crippen MR) is 90.2 cm³/mol. The van der Waals surface area contributed by atoms with E-state index >= 15 is 0 Å². The Hall–Kier alpha value is -1.92. The van der Waals surface area contributed by atoms with Crippen LogP contribution in [0.5, 0.6) is 0 Å². The quantitative estimate of drug-likeness (QED) is 0.765. The molecule has 0 aliphatic heterocycles. The van der Waals surface area contributed by atoms with Gasteiger partial charge in [0.25, 0.3) is 0 Å². The van der Waals surface area contributed by atoms with Crippen LogP contribution in [0.25, 0.3) is 10.4 Å². The van der Waals surface area contributed by atoms with Crippen LogP contribution in [0.15, 0.2) is 30.5 Å². The summed E-state index contributed by atoms with van der Waals surface area (Å²) in [4.78, 5) is 17.1. The van der Waals surface area contributed by atoms with Gasteiger partial charge in [0.1, 0.15) is 0 Å². The summed E-state index contributed by atoms with van der Waals surface area (Å²) >= 11 is 1.45. The molecule has 0 radical (unpaired) electrons. The fraction of sp³-hybridized carbons (Fsp3) is 0.375. The summed E-state index contributed by atoms with van der Waals surface area (Å²) in [6.07, 6.45) is 2.45. The number of aromatic nitrogens is 1. The molecule has 1 atom stereocenters. The molecule has 0 aliphatic carbocycles. The van der Waals surface area contributed by atoms with Crippen molar-refractivity contribution in [3.63, 3.8) is 0 Å². The van der Waals surface area contributed by atoms with E-state index in [1.807, 2.05) is 25.1 Å². The lowest BCUT2D eigenvalue weighted by Gasteiger charge is -2.10. The highest BCUT2D eigenvalue weighted by atomic mass is 32.1. The first-order valence-electron chi connectivity index (χ1n) is 7.27. The molecule has 3 N–H and O–H groups in total. The monoisotopic (exact) mass is 319 g/mol. The van der Waals surface area contributed by atoms with Crippen LogP contribution in [0.4, 0.5) is 9.93 Å². The predicted octanol–water partition coefficient (Wildman–Crippen LogP) is 3.26. The molecule has 0 spiro atoms. The molecular formula is C16H21N3O2S. The zero-order chi connectivity index (χ0) is 15.9. The first kappa shape index (κ1) is 16.5. The zero-order valence-electron chi connectivity index (χ0n) is 12.8. The number of carbonyl (C=O) groups excluding carboxylic acids is 1. The molecule has 22 heavy (non-hydrogen) atoms. The standard InChI is InChI=1S/C16H21N3O2S/c1-11(7-8-20)9-17-15(21)19-16-18-10-14(22-16)13-6-4-3-5-12(13)2/h3-6,10-11,20H,7-9H2,1-2H3,(H2,17,18,19,21). The molecule has 2 aromatic rings. The number of amides is 2. The van der Waals surface area contributed by atoms with E-state index in [1.54, 1.807) is 6.20 Å². The highest BCUT2D eigenvalue weighted by molar-refractivity contribution is 7.19. The van der Waals surface area contributed by atoms with Crippen LogP contribution in [0.2, 0.25) is 0 Å². The van der Waals surface area contributed by atoms with Gasteiger partial charge in [-0.25, -0.2) is 9.78 Å². The molecule has 118 valence electrons. The van der Waals surface area contributed by atoms with Gasteiger partial charge >= 0.3 is 6.03 Å². The largest absolute Gasteiger partial charge is 0.396 e. The van der Waals surface area contributed by atoms with Crippen LogP contribution in [0, 0.1) is 12.8 Å². The Morgan fingerprint density at radius 2 is 2.18 bits per heavy atom. The van der Waals surface area contributed by atoms with Gasteiger partial charge in [-0.2, -0.15) is 0 Å². The Morgan fingerprint density at radius 3 is 2.91 bits per heavy atom. The molecule has 0 fully saturated rings. The first-order chi connectivity index (χ1) is 10.6. The number of hydrogen-bond acceptors (Lipinski definition) is 4. The highest BCUT2D eigenvalue weighted by Crippen LogP contribution is 2.30. The maximum Gasteiger partial charge on any atom is 0.321 e. The average molecular weight is 319 g/mol. The van der Waals surface area contributed by atoms with Crippen molar-refractivity contribution in [3.8, 4) is 10.4 Å². The van der Waals surface area contributed by atoms with Crippen molar-refractivity contribution in [2.75, 3.05) is 18.5 Å². The van der Waals surface area contributed by atoms with Gasteiger partial charge < -0.3 is 10.4 Å². The number of benzene rings is 1. The van der Waals surface area contributed by atoms with E-state index in [-0.39, 0.29) is 18.6 Å². The molecule has 0 aliphatic rings. The lowest BCUT2D eigenvalue weighted by atomic mass is 10.1. The number of nitrogens with one attached hydrogen (secondary N) is 2. The zero-order valence-corrected chi connectivity index (χ0v) is 13.6. The number of aryl methyl sites for hydroxylation is 1. The number of carbonyl (C=O) groups is 1. The van der Waals surface area contributed by atoms with Gasteiger partial charge in [0.05, 0.1) is 4.88 Å². The first-order valence-corrected chi connectivity index (χ1v) is 8.09. The molecule has 6 heteroatoms. The van der Waals surface area contributed by atoms with E-state index in [9.17, 15) is 4.79 Å². The Morgan fingerprint density at radius 1 is 1.41 bits per heavy atom. The molecule has 1 heterocycles. The van der Waals surface area contributed by atoms with Gasteiger partial charge in [-0.05, 0) is 30.4 Å². The second kappa shape index (κ2) is 7.91.